The molecule has 1 unspecified atom stereocenters. The molecule has 0 saturated heterocycles. The highest BCUT2D eigenvalue weighted by atomic mass is 35.5. The third-order valence-electron chi connectivity index (χ3n) is 2.82. The molecule has 96 valence electrons. The lowest BCUT2D eigenvalue weighted by Crippen LogP contribution is -2.12. The molecule has 18 heavy (non-hydrogen) atoms. The largest absolute Gasteiger partial charge is 0.383 e. The lowest BCUT2D eigenvalue weighted by atomic mass is 10.1. The molecule has 0 aliphatic carbocycles. The van der Waals surface area contributed by atoms with E-state index < -0.39 is 0 Å². The maximum Gasteiger partial charge on any atom is 0.141 e. The van der Waals surface area contributed by atoms with Crippen LogP contribution in [0.2, 0.25) is 15.1 Å². The van der Waals surface area contributed by atoms with Crippen LogP contribution in [0.1, 0.15) is 24.2 Å². The zero-order valence-electron chi connectivity index (χ0n) is 9.92. The SMILES string of the molecule is Cc1nn(C(C)c2cc(Cl)ccc2Cl)c(N)c1Cl. The summed E-state index contributed by atoms with van der Waals surface area (Å²) in [5.74, 6) is 0.428. The normalized spacial score (nSPS) is 12.7. The van der Waals surface area contributed by atoms with Crippen molar-refractivity contribution < 1.29 is 0 Å². The Morgan fingerprint density at radius 1 is 1.28 bits per heavy atom. The van der Waals surface area contributed by atoms with Crippen LogP contribution in [-0.4, -0.2) is 9.78 Å². The highest BCUT2D eigenvalue weighted by Gasteiger charge is 2.18. The summed E-state index contributed by atoms with van der Waals surface area (Å²) in [6.45, 7) is 3.75. The van der Waals surface area contributed by atoms with Crippen LogP contribution >= 0.6 is 34.8 Å². The Morgan fingerprint density at radius 2 is 1.94 bits per heavy atom. The van der Waals surface area contributed by atoms with Crippen LogP contribution in [0.5, 0.6) is 0 Å². The number of hydrogen-bond donors (Lipinski definition) is 1. The quantitative estimate of drug-likeness (QED) is 0.896. The van der Waals surface area contributed by atoms with Gasteiger partial charge in [-0.3, -0.25) is 0 Å². The zero-order chi connectivity index (χ0) is 13.4. The molecule has 0 spiro atoms. The van der Waals surface area contributed by atoms with Crippen LogP contribution in [-0.2, 0) is 0 Å². The van der Waals surface area contributed by atoms with Gasteiger partial charge in [0.25, 0.3) is 0 Å². The number of aromatic nitrogens is 2. The van der Waals surface area contributed by atoms with Crippen LogP contribution < -0.4 is 5.73 Å². The molecule has 2 N–H and O–H groups in total. The molecular weight excluding hydrogens is 293 g/mol. The molecule has 0 aliphatic heterocycles. The predicted octanol–water partition coefficient (Wildman–Crippen LogP) is 4.34. The van der Waals surface area contributed by atoms with Crippen molar-refractivity contribution in [3.8, 4) is 0 Å². The van der Waals surface area contributed by atoms with Gasteiger partial charge in [-0.15, -0.1) is 0 Å². The van der Waals surface area contributed by atoms with Gasteiger partial charge in [-0.05, 0) is 37.6 Å². The molecule has 1 atom stereocenters. The molecule has 2 aromatic rings. The number of nitrogen functional groups attached to an aromatic ring is 1. The van der Waals surface area contributed by atoms with Crippen molar-refractivity contribution >= 4 is 40.6 Å². The summed E-state index contributed by atoms with van der Waals surface area (Å²) >= 11 is 18.2. The van der Waals surface area contributed by atoms with Crippen LogP contribution in [0, 0.1) is 6.92 Å². The molecule has 6 heteroatoms. The molecule has 1 aromatic carbocycles. The van der Waals surface area contributed by atoms with E-state index in [0.29, 0.717) is 26.6 Å². The molecule has 0 radical (unpaired) electrons. The van der Waals surface area contributed by atoms with E-state index in [1.165, 1.54) is 0 Å². The number of halogens is 3. The number of nitrogens with two attached hydrogens (primary N) is 1. The maximum atomic E-state index is 6.17. The Hall–Kier alpha value is -0.900. The summed E-state index contributed by atoms with van der Waals surface area (Å²) in [6.07, 6.45) is 0. The lowest BCUT2D eigenvalue weighted by Gasteiger charge is -2.16. The summed E-state index contributed by atoms with van der Waals surface area (Å²) in [5.41, 5.74) is 7.47. The monoisotopic (exact) mass is 303 g/mol. The number of benzene rings is 1. The van der Waals surface area contributed by atoms with Crippen LogP contribution in [0.4, 0.5) is 5.82 Å². The summed E-state index contributed by atoms with van der Waals surface area (Å²) in [5, 5.41) is 6.03. The first-order valence-corrected chi connectivity index (χ1v) is 6.50. The molecule has 0 amide bonds. The predicted molar refractivity (Wildman–Crippen MR) is 76.7 cm³/mol. The number of anilines is 1. The fourth-order valence-electron chi connectivity index (χ4n) is 1.81. The summed E-state index contributed by atoms with van der Waals surface area (Å²) in [6, 6.07) is 5.16. The van der Waals surface area contributed by atoms with Gasteiger partial charge in [0.1, 0.15) is 10.8 Å². The molecule has 0 fully saturated rings. The van der Waals surface area contributed by atoms with Crippen LogP contribution in [0.15, 0.2) is 18.2 Å². The van der Waals surface area contributed by atoms with Crippen LogP contribution in [0.25, 0.3) is 0 Å². The second kappa shape index (κ2) is 5.00. The highest BCUT2D eigenvalue weighted by molar-refractivity contribution is 6.34. The smallest absolute Gasteiger partial charge is 0.141 e. The summed E-state index contributed by atoms with van der Waals surface area (Å²) in [4.78, 5) is 0. The average molecular weight is 305 g/mol. The van der Waals surface area contributed by atoms with Crippen molar-refractivity contribution in [1.82, 2.24) is 9.78 Å². The molecule has 1 heterocycles. The summed E-state index contributed by atoms with van der Waals surface area (Å²) < 4.78 is 1.65. The van der Waals surface area contributed by atoms with Gasteiger partial charge in [0.2, 0.25) is 0 Å². The third-order valence-corrected chi connectivity index (χ3v) is 3.87. The molecule has 1 aromatic heterocycles. The van der Waals surface area contributed by atoms with Gasteiger partial charge in [0.15, 0.2) is 0 Å². The minimum atomic E-state index is -0.137. The van der Waals surface area contributed by atoms with Gasteiger partial charge >= 0.3 is 0 Å². The van der Waals surface area contributed by atoms with Gasteiger partial charge < -0.3 is 5.73 Å². The van der Waals surface area contributed by atoms with E-state index >= 15 is 0 Å². The minimum Gasteiger partial charge on any atom is -0.383 e. The van der Waals surface area contributed by atoms with E-state index in [-0.39, 0.29) is 6.04 Å². The number of rotatable bonds is 2. The van der Waals surface area contributed by atoms with Crippen molar-refractivity contribution in [2.45, 2.75) is 19.9 Å². The Labute approximate surface area is 120 Å². The van der Waals surface area contributed by atoms with E-state index in [2.05, 4.69) is 5.10 Å². The van der Waals surface area contributed by atoms with E-state index in [4.69, 9.17) is 40.5 Å². The van der Waals surface area contributed by atoms with Gasteiger partial charge in [0.05, 0.1) is 11.7 Å². The van der Waals surface area contributed by atoms with Gasteiger partial charge in [-0.2, -0.15) is 5.10 Å². The Morgan fingerprint density at radius 3 is 2.50 bits per heavy atom. The Bertz CT molecular complexity index is 592. The van der Waals surface area contributed by atoms with E-state index in [1.807, 2.05) is 13.8 Å². The van der Waals surface area contributed by atoms with Crippen molar-refractivity contribution in [2.24, 2.45) is 0 Å². The Kier molecular flexibility index (Phi) is 3.76. The van der Waals surface area contributed by atoms with Crippen LogP contribution in [0.3, 0.4) is 0 Å². The lowest BCUT2D eigenvalue weighted by molar-refractivity contribution is 0.569. The van der Waals surface area contributed by atoms with E-state index in [9.17, 15) is 0 Å². The Balaban J connectivity index is 2.50. The second-order valence-corrected chi connectivity index (χ2v) is 5.29. The van der Waals surface area contributed by atoms with Crippen molar-refractivity contribution in [3.63, 3.8) is 0 Å². The first kappa shape index (κ1) is 13.5. The van der Waals surface area contributed by atoms with Crippen molar-refractivity contribution in [2.75, 3.05) is 5.73 Å². The minimum absolute atomic E-state index is 0.137. The third kappa shape index (κ3) is 2.30. The fourth-order valence-corrected chi connectivity index (χ4v) is 2.39. The van der Waals surface area contributed by atoms with E-state index in [0.717, 1.165) is 5.56 Å². The summed E-state index contributed by atoms with van der Waals surface area (Å²) in [7, 11) is 0. The van der Waals surface area contributed by atoms with Crippen molar-refractivity contribution in [3.05, 3.63) is 44.5 Å². The second-order valence-electron chi connectivity index (χ2n) is 4.07. The van der Waals surface area contributed by atoms with Crippen molar-refractivity contribution in [1.29, 1.82) is 0 Å². The molecule has 2 rings (SSSR count). The number of hydrogen-bond acceptors (Lipinski definition) is 2. The zero-order valence-corrected chi connectivity index (χ0v) is 12.2. The van der Waals surface area contributed by atoms with Gasteiger partial charge in [-0.1, -0.05) is 34.8 Å². The first-order chi connectivity index (χ1) is 8.41. The number of nitrogens with zero attached hydrogens (tertiary/aromatic N) is 2. The fraction of sp³-hybridized carbons (Fsp3) is 0.250. The topological polar surface area (TPSA) is 43.8 Å². The van der Waals surface area contributed by atoms with E-state index in [1.54, 1.807) is 22.9 Å². The molecule has 0 saturated carbocycles. The molecular formula is C12H12Cl3N3. The molecule has 0 aliphatic rings. The molecule has 3 nitrogen and oxygen atoms in total. The first-order valence-electron chi connectivity index (χ1n) is 5.37. The molecule has 0 bridgehead atoms. The maximum absolute atomic E-state index is 6.17. The highest BCUT2D eigenvalue weighted by Crippen LogP contribution is 2.32. The van der Waals surface area contributed by atoms with Gasteiger partial charge in [0, 0.05) is 10.0 Å². The van der Waals surface area contributed by atoms with Gasteiger partial charge in [-0.25, -0.2) is 4.68 Å². The standard InChI is InChI=1S/C12H12Cl3N3/c1-6-11(15)12(16)18(17-6)7(2)9-5-8(13)3-4-10(9)14/h3-5,7H,16H2,1-2H3. The average Bonchev–Trinajstić information content (AvgIpc) is 2.59. The number of aryl methyl sites for hydroxylation is 1.